The second kappa shape index (κ2) is 12.3. The van der Waals surface area contributed by atoms with Crippen LogP contribution in [0.15, 0.2) is 104 Å². The molecule has 0 spiro atoms. The minimum absolute atomic E-state index is 0.334. The van der Waals surface area contributed by atoms with Crippen molar-refractivity contribution in [3.63, 3.8) is 0 Å². The Morgan fingerprint density at radius 3 is 1.92 bits per heavy atom. The molecule has 1 N–H and O–H groups in total. The van der Waals surface area contributed by atoms with Gasteiger partial charge in [0.05, 0.1) is 39.0 Å². The SMILES string of the molecule is c1ccc(COC[C@H]2OC(c3ncc4[nH]cnc4n3)[C@@H](OCc3ccccc3)[C@@H]2OCc2ccccc2)cc1. The number of aromatic amines is 1. The topological polar surface area (TPSA) is 91.4 Å². The van der Waals surface area contributed by atoms with Crippen LogP contribution in [0.2, 0.25) is 0 Å². The van der Waals surface area contributed by atoms with Crippen LogP contribution >= 0.6 is 0 Å². The molecule has 39 heavy (non-hydrogen) atoms. The van der Waals surface area contributed by atoms with Gasteiger partial charge in [-0.2, -0.15) is 0 Å². The van der Waals surface area contributed by atoms with Crippen LogP contribution in [0, 0.1) is 0 Å². The highest BCUT2D eigenvalue weighted by molar-refractivity contribution is 5.68. The Morgan fingerprint density at radius 2 is 1.28 bits per heavy atom. The molecule has 2 aromatic heterocycles. The Bertz CT molecular complexity index is 1450. The lowest BCUT2D eigenvalue weighted by atomic mass is 10.1. The number of aromatic nitrogens is 4. The van der Waals surface area contributed by atoms with Gasteiger partial charge in [0.1, 0.15) is 29.9 Å². The first-order valence-electron chi connectivity index (χ1n) is 13.1. The summed E-state index contributed by atoms with van der Waals surface area (Å²) in [6.07, 6.45) is 1.52. The first-order valence-corrected chi connectivity index (χ1v) is 13.1. The lowest BCUT2D eigenvalue weighted by molar-refractivity contribution is -0.0899. The number of benzene rings is 3. The Kier molecular flexibility index (Phi) is 7.97. The van der Waals surface area contributed by atoms with E-state index in [-0.39, 0.29) is 6.10 Å². The lowest BCUT2D eigenvalue weighted by Crippen LogP contribution is -2.38. The molecule has 198 valence electrons. The summed E-state index contributed by atoms with van der Waals surface area (Å²) in [5.41, 5.74) is 4.57. The van der Waals surface area contributed by atoms with Gasteiger partial charge in [-0.3, -0.25) is 0 Å². The van der Waals surface area contributed by atoms with Gasteiger partial charge in [0.2, 0.25) is 0 Å². The van der Waals surface area contributed by atoms with Gasteiger partial charge < -0.3 is 23.9 Å². The summed E-state index contributed by atoms with van der Waals surface area (Å²) in [6, 6.07) is 30.2. The normalized spacial score (nSPS) is 20.9. The van der Waals surface area contributed by atoms with E-state index >= 15 is 0 Å². The highest BCUT2D eigenvalue weighted by atomic mass is 16.6. The van der Waals surface area contributed by atoms with E-state index < -0.39 is 18.3 Å². The summed E-state index contributed by atoms with van der Waals surface area (Å²) < 4.78 is 25.7. The zero-order valence-electron chi connectivity index (χ0n) is 21.4. The Hall–Kier alpha value is -3.95. The zero-order valence-corrected chi connectivity index (χ0v) is 21.4. The van der Waals surface area contributed by atoms with E-state index in [1.165, 1.54) is 0 Å². The highest BCUT2D eigenvalue weighted by Gasteiger charge is 2.48. The van der Waals surface area contributed by atoms with Crippen LogP contribution in [0.4, 0.5) is 0 Å². The van der Waals surface area contributed by atoms with Crippen molar-refractivity contribution in [2.75, 3.05) is 6.61 Å². The fourth-order valence-corrected chi connectivity index (χ4v) is 4.74. The van der Waals surface area contributed by atoms with E-state index in [4.69, 9.17) is 18.9 Å². The van der Waals surface area contributed by atoms with Gasteiger partial charge in [0, 0.05) is 0 Å². The maximum Gasteiger partial charge on any atom is 0.180 e. The van der Waals surface area contributed by atoms with Crippen molar-refractivity contribution in [2.45, 2.75) is 44.2 Å². The molecular formula is C31H30N4O4. The second-order valence-corrected chi connectivity index (χ2v) is 9.49. The fourth-order valence-electron chi connectivity index (χ4n) is 4.74. The van der Waals surface area contributed by atoms with Crippen molar-refractivity contribution in [1.29, 1.82) is 0 Å². The number of rotatable bonds is 11. The minimum Gasteiger partial charge on any atom is -0.374 e. The third-order valence-corrected chi connectivity index (χ3v) is 6.72. The molecule has 4 atom stereocenters. The van der Waals surface area contributed by atoms with Gasteiger partial charge in [-0.15, -0.1) is 0 Å². The predicted molar refractivity (Wildman–Crippen MR) is 145 cm³/mol. The number of fused-ring (bicyclic) bond motifs is 1. The third-order valence-electron chi connectivity index (χ3n) is 6.72. The summed E-state index contributed by atoms with van der Waals surface area (Å²) in [7, 11) is 0. The van der Waals surface area contributed by atoms with E-state index in [9.17, 15) is 0 Å². The average molecular weight is 523 g/mol. The molecule has 6 rings (SSSR count). The molecule has 1 unspecified atom stereocenters. The molecule has 0 radical (unpaired) electrons. The van der Waals surface area contributed by atoms with Gasteiger partial charge in [-0.05, 0) is 16.7 Å². The van der Waals surface area contributed by atoms with Crippen molar-refractivity contribution in [3.8, 4) is 0 Å². The average Bonchev–Trinajstić information content (AvgIpc) is 3.60. The van der Waals surface area contributed by atoms with Crippen LogP contribution in [0.5, 0.6) is 0 Å². The van der Waals surface area contributed by atoms with Crippen molar-refractivity contribution < 1.29 is 18.9 Å². The fraction of sp³-hybridized carbons (Fsp3) is 0.258. The zero-order chi connectivity index (χ0) is 26.3. The number of nitrogens with one attached hydrogen (secondary N) is 1. The summed E-state index contributed by atoms with van der Waals surface area (Å²) in [4.78, 5) is 16.6. The van der Waals surface area contributed by atoms with Gasteiger partial charge in [0.15, 0.2) is 11.5 Å². The number of ether oxygens (including phenoxy) is 4. The van der Waals surface area contributed by atoms with E-state index in [2.05, 4.69) is 19.9 Å². The molecule has 0 aliphatic carbocycles. The Balaban J connectivity index is 1.27. The van der Waals surface area contributed by atoms with E-state index in [1.54, 1.807) is 12.5 Å². The van der Waals surface area contributed by atoms with E-state index in [1.807, 2.05) is 91.0 Å². The monoisotopic (exact) mass is 522 g/mol. The van der Waals surface area contributed by atoms with Crippen LogP contribution in [-0.4, -0.2) is 44.9 Å². The Morgan fingerprint density at radius 1 is 0.692 bits per heavy atom. The molecule has 1 fully saturated rings. The summed E-state index contributed by atoms with van der Waals surface area (Å²) in [5, 5.41) is 0. The molecule has 0 bridgehead atoms. The van der Waals surface area contributed by atoms with Crippen LogP contribution in [-0.2, 0) is 38.8 Å². The van der Waals surface area contributed by atoms with Crippen LogP contribution < -0.4 is 0 Å². The van der Waals surface area contributed by atoms with E-state index in [0.29, 0.717) is 37.9 Å². The molecule has 8 heteroatoms. The summed E-state index contributed by atoms with van der Waals surface area (Å²) in [5.74, 6) is 0.506. The molecule has 1 aliphatic heterocycles. The molecule has 0 saturated carbocycles. The molecule has 3 heterocycles. The minimum atomic E-state index is -0.555. The first-order chi connectivity index (χ1) is 19.3. The molecule has 1 aliphatic rings. The number of imidazole rings is 1. The van der Waals surface area contributed by atoms with Crippen LogP contribution in [0.25, 0.3) is 11.2 Å². The standard InChI is InChI=1S/C31H30N4O4/c1-4-10-22(11-5-1)17-36-20-26-27(37-18-23-12-6-2-7-13-23)28(38-19-24-14-8-3-9-15-24)29(39-26)31-32-16-25-30(35-31)34-21-33-25/h1-16,21,26-29H,17-20H2,(H,32,33,34,35)/t26-,27-,28+,29?/m1/s1. The largest absolute Gasteiger partial charge is 0.374 e. The quantitative estimate of drug-likeness (QED) is 0.256. The van der Waals surface area contributed by atoms with Crippen molar-refractivity contribution in [3.05, 3.63) is 126 Å². The Labute approximate surface area is 227 Å². The van der Waals surface area contributed by atoms with Gasteiger partial charge in [-0.25, -0.2) is 15.0 Å². The van der Waals surface area contributed by atoms with Crippen LogP contribution in [0.1, 0.15) is 28.6 Å². The molecule has 0 amide bonds. The maximum absolute atomic E-state index is 6.58. The summed E-state index contributed by atoms with van der Waals surface area (Å²) in [6.45, 7) is 1.63. The molecule has 1 saturated heterocycles. The highest BCUT2D eigenvalue weighted by Crippen LogP contribution is 2.37. The van der Waals surface area contributed by atoms with Crippen LogP contribution in [0.3, 0.4) is 0 Å². The molecule has 8 nitrogen and oxygen atoms in total. The number of H-pyrrole nitrogens is 1. The second-order valence-electron chi connectivity index (χ2n) is 9.49. The van der Waals surface area contributed by atoms with Gasteiger partial charge in [-0.1, -0.05) is 91.0 Å². The predicted octanol–water partition coefficient (Wildman–Crippen LogP) is 5.18. The third kappa shape index (κ3) is 6.21. The molecule has 5 aromatic rings. The van der Waals surface area contributed by atoms with Gasteiger partial charge >= 0.3 is 0 Å². The lowest BCUT2D eigenvalue weighted by Gasteiger charge is -2.25. The number of hydrogen-bond donors (Lipinski definition) is 1. The summed E-state index contributed by atoms with van der Waals surface area (Å²) >= 11 is 0. The molecule has 3 aromatic carbocycles. The number of nitrogens with zero attached hydrogens (tertiary/aromatic N) is 3. The molecular weight excluding hydrogens is 492 g/mol. The maximum atomic E-state index is 6.58. The first kappa shape index (κ1) is 25.3. The van der Waals surface area contributed by atoms with Crippen molar-refractivity contribution in [2.24, 2.45) is 0 Å². The van der Waals surface area contributed by atoms with Gasteiger partial charge in [0.25, 0.3) is 0 Å². The van der Waals surface area contributed by atoms with Crippen molar-refractivity contribution >= 4 is 11.2 Å². The van der Waals surface area contributed by atoms with Crippen molar-refractivity contribution in [1.82, 2.24) is 19.9 Å². The smallest absolute Gasteiger partial charge is 0.180 e. The number of hydrogen-bond acceptors (Lipinski definition) is 7. The van der Waals surface area contributed by atoms with E-state index in [0.717, 1.165) is 22.2 Å².